The Kier molecular flexibility index (Phi) is 7.37. The molecule has 1 atom stereocenters. The van der Waals surface area contributed by atoms with Crippen molar-refractivity contribution in [2.45, 2.75) is 12.5 Å². The maximum absolute atomic E-state index is 13.2. The second kappa shape index (κ2) is 10.2. The van der Waals surface area contributed by atoms with Crippen molar-refractivity contribution in [3.63, 3.8) is 0 Å². The fourth-order valence-electron chi connectivity index (χ4n) is 3.70. The van der Waals surface area contributed by atoms with Gasteiger partial charge in [0.25, 0.3) is 5.91 Å². The molecule has 8 nitrogen and oxygen atoms in total. The van der Waals surface area contributed by atoms with E-state index in [1.165, 1.54) is 37.5 Å². The van der Waals surface area contributed by atoms with Crippen LogP contribution < -0.4 is 9.47 Å². The maximum Gasteiger partial charge on any atom is 0.290 e. The molecule has 2 aromatic rings. The van der Waals surface area contributed by atoms with E-state index in [0.29, 0.717) is 35.8 Å². The first-order valence-corrected chi connectivity index (χ1v) is 10.2. The first-order valence-electron chi connectivity index (χ1n) is 10.2. The molecule has 1 aromatic heterocycles. The van der Waals surface area contributed by atoms with Crippen LogP contribution in [0.25, 0.3) is 6.08 Å². The zero-order valence-corrected chi connectivity index (χ0v) is 18.7. The standard InChI is InChI=1S/C24H28N2O6/c1-25(2)12-6-13-26-22(18-15-17(30-3)9-11-20(18)31-4)21(23(28)24(26)29)19(27)10-8-16-7-5-14-32-16/h5,7-11,14-15,22,28H,6,12-13H2,1-4H3/b10-8+. The number of amides is 1. The van der Waals surface area contributed by atoms with Crippen LogP contribution in [0.5, 0.6) is 11.5 Å². The van der Waals surface area contributed by atoms with Gasteiger partial charge in [0.05, 0.1) is 32.1 Å². The molecule has 32 heavy (non-hydrogen) atoms. The largest absolute Gasteiger partial charge is 0.503 e. The Hall–Kier alpha value is -3.52. The summed E-state index contributed by atoms with van der Waals surface area (Å²) in [5.74, 6) is -0.118. The Labute approximate surface area is 187 Å². The molecule has 170 valence electrons. The summed E-state index contributed by atoms with van der Waals surface area (Å²) >= 11 is 0. The number of carbonyl (C=O) groups is 2. The number of aliphatic hydroxyl groups is 1. The maximum atomic E-state index is 13.2. The van der Waals surface area contributed by atoms with Crippen LogP contribution >= 0.6 is 0 Å². The number of hydrogen-bond acceptors (Lipinski definition) is 7. The number of furan rings is 1. The van der Waals surface area contributed by atoms with Crippen molar-refractivity contribution in [3.05, 3.63) is 65.3 Å². The summed E-state index contributed by atoms with van der Waals surface area (Å²) < 4.78 is 16.1. The average molecular weight is 440 g/mol. The Morgan fingerprint density at radius 2 is 2.03 bits per heavy atom. The summed E-state index contributed by atoms with van der Waals surface area (Å²) in [6, 6.07) is 7.76. The van der Waals surface area contributed by atoms with Crippen LogP contribution in [0, 0.1) is 0 Å². The van der Waals surface area contributed by atoms with Crippen LogP contribution in [0.1, 0.15) is 23.8 Å². The highest BCUT2D eigenvalue weighted by Gasteiger charge is 2.44. The van der Waals surface area contributed by atoms with Crippen LogP contribution in [-0.4, -0.2) is 68.0 Å². The quantitative estimate of drug-likeness (QED) is 0.567. The molecule has 0 spiro atoms. The lowest BCUT2D eigenvalue weighted by Crippen LogP contribution is -2.33. The molecule has 1 amide bonds. The molecule has 2 heterocycles. The number of carbonyl (C=O) groups excluding carboxylic acids is 2. The van der Waals surface area contributed by atoms with Gasteiger partial charge in [-0.05, 0) is 69.5 Å². The molecule has 0 saturated heterocycles. The van der Waals surface area contributed by atoms with Gasteiger partial charge in [0.1, 0.15) is 17.3 Å². The molecule has 8 heteroatoms. The molecule has 1 aliphatic rings. The molecular formula is C24H28N2O6. The predicted octanol–water partition coefficient (Wildman–Crippen LogP) is 3.23. The first-order chi connectivity index (χ1) is 15.4. The lowest BCUT2D eigenvalue weighted by atomic mass is 9.94. The topological polar surface area (TPSA) is 92.4 Å². The molecule has 0 radical (unpaired) electrons. The van der Waals surface area contributed by atoms with Crippen molar-refractivity contribution in [2.24, 2.45) is 0 Å². The second-order valence-electron chi connectivity index (χ2n) is 7.64. The van der Waals surface area contributed by atoms with Gasteiger partial charge < -0.3 is 28.8 Å². The van der Waals surface area contributed by atoms with E-state index < -0.39 is 23.5 Å². The number of hydrogen-bond donors (Lipinski definition) is 1. The molecule has 1 aromatic carbocycles. The van der Waals surface area contributed by atoms with Crippen molar-refractivity contribution in [1.82, 2.24) is 9.80 Å². The molecular weight excluding hydrogens is 412 g/mol. The van der Waals surface area contributed by atoms with Gasteiger partial charge in [-0.3, -0.25) is 9.59 Å². The van der Waals surface area contributed by atoms with Crippen molar-refractivity contribution in [2.75, 3.05) is 41.4 Å². The summed E-state index contributed by atoms with van der Waals surface area (Å²) in [7, 11) is 6.93. The number of benzene rings is 1. The number of rotatable bonds is 10. The Bertz CT molecular complexity index is 1020. The van der Waals surface area contributed by atoms with Crippen molar-refractivity contribution < 1.29 is 28.6 Å². The van der Waals surface area contributed by atoms with Crippen LogP contribution in [0.2, 0.25) is 0 Å². The molecule has 1 unspecified atom stereocenters. The van der Waals surface area contributed by atoms with Gasteiger partial charge in [-0.15, -0.1) is 0 Å². The summed E-state index contributed by atoms with van der Waals surface area (Å²) in [6.07, 6.45) is 4.96. The highest BCUT2D eigenvalue weighted by Crippen LogP contribution is 2.43. The van der Waals surface area contributed by atoms with E-state index in [-0.39, 0.29) is 5.57 Å². The van der Waals surface area contributed by atoms with E-state index in [4.69, 9.17) is 13.9 Å². The molecule has 0 aliphatic carbocycles. The molecule has 0 saturated carbocycles. The van der Waals surface area contributed by atoms with Gasteiger partial charge in [0, 0.05) is 12.1 Å². The van der Waals surface area contributed by atoms with Crippen LogP contribution in [0.3, 0.4) is 0 Å². The minimum Gasteiger partial charge on any atom is -0.503 e. The van der Waals surface area contributed by atoms with Gasteiger partial charge in [-0.2, -0.15) is 0 Å². The summed E-state index contributed by atoms with van der Waals surface area (Å²) in [6.45, 7) is 1.10. The smallest absolute Gasteiger partial charge is 0.290 e. The highest BCUT2D eigenvalue weighted by molar-refractivity contribution is 6.14. The van der Waals surface area contributed by atoms with Gasteiger partial charge in [-0.25, -0.2) is 0 Å². The third kappa shape index (κ3) is 4.86. The minimum atomic E-state index is -0.816. The summed E-state index contributed by atoms with van der Waals surface area (Å²) in [5.41, 5.74) is 0.554. The summed E-state index contributed by atoms with van der Waals surface area (Å²) in [5, 5.41) is 10.7. The van der Waals surface area contributed by atoms with E-state index in [0.717, 1.165) is 6.54 Å². The van der Waals surface area contributed by atoms with Crippen molar-refractivity contribution in [1.29, 1.82) is 0 Å². The van der Waals surface area contributed by atoms with E-state index in [2.05, 4.69) is 0 Å². The van der Waals surface area contributed by atoms with Gasteiger partial charge in [0.2, 0.25) is 0 Å². The monoisotopic (exact) mass is 440 g/mol. The molecule has 3 rings (SSSR count). The molecule has 1 aliphatic heterocycles. The normalized spacial score (nSPS) is 16.5. The van der Waals surface area contributed by atoms with Crippen LogP contribution in [-0.2, 0) is 9.59 Å². The molecule has 1 N–H and O–H groups in total. The van der Waals surface area contributed by atoms with E-state index in [1.54, 1.807) is 30.3 Å². The zero-order chi connectivity index (χ0) is 23.3. The van der Waals surface area contributed by atoms with Crippen LogP contribution in [0.15, 0.2) is 58.4 Å². The highest BCUT2D eigenvalue weighted by atomic mass is 16.5. The fourth-order valence-corrected chi connectivity index (χ4v) is 3.70. The fraction of sp³-hybridized carbons (Fsp3) is 0.333. The van der Waals surface area contributed by atoms with Gasteiger partial charge in [-0.1, -0.05) is 0 Å². The molecule has 0 fully saturated rings. The lowest BCUT2D eigenvalue weighted by molar-refractivity contribution is -0.129. The summed E-state index contributed by atoms with van der Waals surface area (Å²) in [4.78, 5) is 29.7. The number of ketones is 1. The minimum absolute atomic E-state index is 0.00536. The van der Waals surface area contributed by atoms with Crippen molar-refractivity contribution >= 4 is 17.8 Å². The molecule has 0 bridgehead atoms. The van der Waals surface area contributed by atoms with Crippen LogP contribution in [0.4, 0.5) is 0 Å². The third-order valence-corrected chi connectivity index (χ3v) is 5.25. The van der Waals surface area contributed by atoms with Gasteiger partial charge >= 0.3 is 0 Å². The zero-order valence-electron chi connectivity index (χ0n) is 18.7. The Morgan fingerprint density at radius 3 is 2.66 bits per heavy atom. The Balaban J connectivity index is 2.04. The lowest BCUT2D eigenvalue weighted by Gasteiger charge is -2.28. The van der Waals surface area contributed by atoms with Gasteiger partial charge in [0.15, 0.2) is 11.5 Å². The Morgan fingerprint density at radius 1 is 1.25 bits per heavy atom. The SMILES string of the molecule is COc1ccc(OC)c(C2C(C(=O)/C=C/c3ccco3)=C(O)C(=O)N2CCCN(C)C)c1. The average Bonchev–Trinajstić information content (AvgIpc) is 3.39. The predicted molar refractivity (Wildman–Crippen MR) is 120 cm³/mol. The number of aliphatic hydroxyl groups excluding tert-OH is 1. The third-order valence-electron chi connectivity index (χ3n) is 5.25. The number of ether oxygens (including phenoxy) is 2. The number of allylic oxidation sites excluding steroid dienone is 1. The van der Waals surface area contributed by atoms with E-state index in [9.17, 15) is 14.7 Å². The number of nitrogens with zero attached hydrogens (tertiary/aromatic N) is 2. The second-order valence-corrected chi connectivity index (χ2v) is 7.64. The first kappa shape index (κ1) is 23.1. The van der Waals surface area contributed by atoms with E-state index in [1.807, 2.05) is 19.0 Å². The number of methoxy groups -OCH3 is 2. The van der Waals surface area contributed by atoms with Crippen molar-refractivity contribution in [3.8, 4) is 11.5 Å². The van der Waals surface area contributed by atoms with E-state index >= 15 is 0 Å².